The third kappa shape index (κ3) is 2.07. The zero-order chi connectivity index (χ0) is 14.2. The number of nitrogens with zero attached hydrogens (tertiary/aromatic N) is 1. The van der Waals surface area contributed by atoms with Crippen LogP contribution in [0.1, 0.15) is 32.3 Å². The van der Waals surface area contributed by atoms with Crippen molar-refractivity contribution in [1.29, 1.82) is 0 Å². The van der Waals surface area contributed by atoms with E-state index in [0.29, 0.717) is 0 Å². The van der Waals surface area contributed by atoms with Crippen molar-refractivity contribution >= 4 is 23.2 Å². The van der Waals surface area contributed by atoms with Crippen LogP contribution in [0.3, 0.4) is 0 Å². The van der Waals surface area contributed by atoms with Crippen molar-refractivity contribution < 1.29 is 14.4 Å². The maximum Gasteiger partial charge on any atom is 0.238 e. The second-order valence-corrected chi connectivity index (χ2v) is 5.22. The second-order valence-electron chi connectivity index (χ2n) is 5.22. The second kappa shape index (κ2) is 4.61. The SMILES string of the molecule is CC(=O)CC1(CC(C)=O)C(=O)N(C)c2ccccc21. The molecule has 0 radical (unpaired) electrons. The van der Waals surface area contributed by atoms with E-state index in [9.17, 15) is 14.4 Å². The fourth-order valence-electron chi connectivity index (χ4n) is 2.97. The van der Waals surface area contributed by atoms with Gasteiger partial charge in [0.05, 0.1) is 5.41 Å². The molecule has 19 heavy (non-hydrogen) atoms. The van der Waals surface area contributed by atoms with Gasteiger partial charge in [0.2, 0.25) is 5.91 Å². The molecule has 4 nitrogen and oxygen atoms in total. The molecule has 0 aromatic heterocycles. The van der Waals surface area contributed by atoms with Gasteiger partial charge in [0.1, 0.15) is 11.6 Å². The molecule has 0 fully saturated rings. The highest BCUT2D eigenvalue weighted by atomic mass is 16.2. The van der Waals surface area contributed by atoms with Crippen molar-refractivity contribution in [3.8, 4) is 0 Å². The topological polar surface area (TPSA) is 54.5 Å². The number of ketones is 2. The van der Waals surface area contributed by atoms with Gasteiger partial charge < -0.3 is 4.90 Å². The number of para-hydroxylation sites is 1. The van der Waals surface area contributed by atoms with Gasteiger partial charge in [-0.05, 0) is 25.5 Å². The minimum absolute atomic E-state index is 0.0762. The summed E-state index contributed by atoms with van der Waals surface area (Å²) in [6.45, 7) is 2.91. The lowest BCUT2D eigenvalue weighted by molar-refractivity contribution is -0.130. The van der Waals surface area contributed by atoms with Crippen LogP contribution in [-0.2, 0) is 19.8 Å². The molecule has 0 atom stereocenters. The molecule has 0 spiro atoms. The first-order valence-electron chi connectivity index (χ1n) is 6.25. The summed E-state index contributed by atoms with van der Waals surface area (Å²) in [6.07, 6.45) is 0.152. The number of carbonyl (C=O) groups excluding carboxylic acids is 3. The van der Waals surface area contributed by atoms with Crippen molar-refractivity contribution in [3.05, 3.63) is 29.8 Å². The number of Topliss-reactive ketones (excluding diaryl/α,β-unsaturated/α-hetero) is 2. The molecule has 4 heteroatoms. The molecule has 2 rings (SSSR count). The standard InChI is InChI=1S/C15H17NO3/c1-10(17)8-15(9-11(2)18)12-6-4-5-7-13(12)16(3)14(15)19/h4-7H,8-9H2,1-3H3. The Morgan fingerprint density at radius 2 is 1.63 bits per heavy atom. The van der Waals surface area contributed by atoms with Gasteiger partial charge in [0, 0.05) is 25.6 Å². The third-order valence-electron chi connectivity index (χ3n) is 3.60. The lowest BCUT2D eigenvalue weighted by Gasteiger charge is -2.26. The molecule has 0 saturated heterocycles. The van der Waals surface area contributed by atoms with Crippen LogP contribution in [0, 0.1) is 0 Å². The maximum absolute atomic E-state index is 12.6. The fraction of sp³-hybridized carbons (Fsp3) is 0.400. The molecule has 1 aromatic rings. The number of likely N-dealkylation sites (N-methyl/N-ethyl adjacent to an activating group) is 1. The van der Waals surface area contributed by atoms with Crippen LogP contribution in [0.4, 0.5) is 5.69 Å². The van der Waals surface area contributed by atoms with E-state index < -0.39 is 5.41 Å². The van der Waals surface area contributed by atoms with Gasteiger partial charge in [-0.25, -0.2) is 0 Å². The summed E-state index contributed by atoms with van der Waals surface area (Å²) in [5.41, 5.74) is 0.561. The van der Waals surface area contributed by atoms with E-state index >= 15 is 0 Å². The van der Waals surface area contributed by atoms with E-state index in [4.69, 9.17) is 0 Å². The number of fused-ring (bicyclic) bond motifs is 1. The van der Waals surface area contributed by atoms with Gasteiger partial charge in [-0.15, -0.1) is 0 Å². The molecule has 1 amide bonds. The summed E-state index contributed by atoms with van der Waals surface area (Å²) < 4.78 is 0. The van der Waals surface area contributed by atoms with Crippen LogP contribution in [0.5, 0.6) is 0 Å². The number of carbonyl (C=O) groups is 3. The molecule has 0 saturated carbocycles. The number of benzene rings is 1. The van der Waals surface area contributed by atoms with E-state index in [2.05, 4.69) is 0 Å². The van der Waals surface area contributed by atoms with Crippen molar-refractivity contribution in [2.45, 2.75) is 32.1 Å². The smallest absolute Gasteiger partial charge is 0.238 e. The minimum atomic E-state index is -1.01. The molecule has 100 valence electrons. The predicted octanol–water partition coefficient (Wildman–Crippen LogP) is 1.86. The van der Waals surface area contributed by atoms with E-state index in [0.717, 1.165) is 11.3 Å². The van der Waals surface area contributed by atoms with Gasteiger partial charge in [-0.3, -0.25) is 14.4 Å². The Hall–Kier alpha value is -1.97. The molecule has 1 heterocycles. The monoisotopic (exact) mass is 259 g/mol. The average Bonchev–Trinajstić information content (AvgIpc) is 2.52. The summed E-state index contributed by atoms with van der Waals surface area (Å²) in [6, 6.07) is 7.36. The van der Waals surface area contributed by atoms with Crippen LogP contribution in [0.2, 0.25) is 0 Å². The summed E-state index contributed by atoms with van der Waals surface area (Å²) in [4.78, 5) is 37.3. The fourth-order valence-corrected chi connectivity index (χ4v) is 2.97. The Balaban J connectivity index is 2.62. The quantitative estimate of drug-likeness (QED) is 0.829. The maximum atomic E-state index is 12.6. The van der Waals surface area contributed by atoms with Gasteiger partial charge in [0.15, 0.2) is 0 Å². The molecule has 1 aliphatic heterocycles. The molecule has 1 aromatic carbocycles. The molecule has 0 aliphatic carbocycles. The Kier molecular flexibility index (Phi) is 3.27. The van der Waals surface area contributed by atoms with Gasteiger partial charge in [-0.1, -0.05) is 18.2 Å². The van der Waals surface area contributed by atoms with E-state index in [1.54, 1.807) is 11.9 Å². The normalized spacial score (nSPS) is 16.4. The van der Waals surface area contributed by atoms with Crippen LogP contribution < -0.4 is 4.90 Å². The molecule has 0 bridgehead atoms. The Morgan fingerprint density at radius 3 is 2.16 bits per heavy atom. The highest BCUT2D eigenvalue weighted by Gasteiger charge is 2.50. The molecular weight excluding hydrogens is 242 g/mol. The number of hydrogen-bond acceptors (Lipinski definition) is 3. The number of hydrogen-bond donors (Lipinski definition) is 0. The van der Waals surface area contributed by atoms with Crippen LogP contribution in [0.15, 0.2) is 24.3 Å². The molecule has 0 unspecified atom stereocenters. The van der Waals surface area contributed by atoms with Crippen LogP contribution in [-0.4, -0.2) is 24.5 Å². The first kappa shape index (κ1) is 13.5. The predicted molar refractivity (Wildman–Crippen MR) is 72.1 cm³/mol. The van der Waals surface area contributed by atoms with Gasteiger partial charge >= 0.3 is 0 Å². The van der Waals surface area contributed by atoms with Crippen molar-refractivity contribution in [2.75, 3.05) is 11.9 Å². The highest BCUT2D eigenvalue weighted by molar-refractivity contribution is 6.11. The van der Waals surface area contributed by atoms with Crippen molar-refractivity contribution in [2.24, 2.45) is 0 Å². The number of rotatable bonds is 4. The Morgan fingerprint density at radius 1 is 1.11 bits per heavy atom. The van der Waals surface area contributed by atoms with Gasteiger partial charge in [0.25, 0.3) is 0 Å². The molecule has 1 aliphatic rings. The minimum Gasteiger partial charge on any atom is -0.314 e. The Labute approximate surface area is 112 Å². The zero-order valence-electron chi connectivity index (χ0n) is 11.4. The lowest BCUT2D eigenvalue weighted by atomic mass is 9.74. The largest absolute Gasteiger partial charge is 0.314 e. The summed E-state index contributed by atoms with van der Waals surface area (Å²) >= 11 is 0. The van der Waals surface area contributed by atoms with Crippen molar-refractivity contribution in [3.63, 3.8) is 0 Å². The van der Waals surface area contributed by atoms with Crippen LogP contribution >= 0.6 is 0 Å². The third-order valence-corrected chi connectivity index (χ3v) is 3.60. The highest BCUT2D eigenvalue weighted by Crippen LogP contribution is 2.45. The number of anilines is 1. The summed E-state index contributed by atoms with van der Waals surface area (Å²) in [7, 11) is 1.68. The lowest BCUT2D eigenvalue weighted by Crippen LogP contribution is -2.41. The molecular formula is C15H17NO3. The first-order valence-corrected chi connectivity index (χ1v) is 6.25. The van der Waals surface area contributed by atoms with E-state index in [1.807, 2.05) is 24.3 Å². The van der Waals surface area contributed by atoms with Gasteiger partial charge in [-0.2, -0.15) is 0 Å². The molecule has 0 N–H and O–H groups in total. The average molecular weight is 259 g/mol. The van der Waals surface area contributed by atoms with Crippen LogP contribution in [0.25, 0.3) is 0 Å². The van der Waals surface area contributed by atoms with E-state index in [1.165, 1.54) is 13.8 Å². The summed E-state index contributed by atoms with van der Waals surface area (Å²) in [5.74, 6) is -0.335. The van der Waals surface area contributed by atoms with E-state index in [-0.39, 0.29) is 30.3 Å². The number of amides is 1. The Bertz CT molecular complexity index is 546. The first-order chi connectivity index (χ1) is 8.88. The summed E-state index contributed by atoms with van der Waals surface area (Å²) in [5, 5.41) is 0. The zero-order valence-corrected chi connectivity index (χ0v) is 11.4. The van der Waals surface area contributed by atoms with Crippen molar-refractivity contribution in [1.82, 2.24) is 0 Å².